The molecule has 1 aromatic carbocycles. The lowest BCUT2D eigenvalue weighted by Crippen LogP contribution is -1.94. The molecule has 0 fully saturated rings. The van der Waals surface area contributed by atoms with E-state index in [1.807, 2.05) is 0 Å². The third-order valence-corrected chi connectivity index (χ3v) is 2.62. The van der Waals surface area contributed by atoms with E-state index in [0.717, 1.165) is 0 Å². The quantitative estimate of drug-likeness (QED) is 0.624. The van der Waals surface area contributed by atoms with Gasteiger partial charge >= 0.3 is 0 Å². The largest absolute Gasteiger partial charge is 0.392 e. The van der Waals surface area contributed by atoms with E-state index in [2.05, 4.69) is 31.9 Å². The summed E-state index contributed by atoms with van der Waals surface area (Å²) in [4.78, 5) is 0. The first kappa shape index (κ1) is 10.1. The van der Waals surface area contributed by atoms with Crippen molar-refractivity contribution in [1.29, 1.82) is 0 Å². The van der Waals surface area contributed by atoms with Gasteiger partial charge in [-0.25, -0.2) is 8.78 Å². The van der Waals surface area contributed by atoms with Gasteiger partial charge in [0.2, 0.25) is 0 Å². The van der Waals surface area contributed by atoms with E-state index in [0.29, 0.717) is 0 Å². The van der Waals surface area contributed by atoms with Crippen LogP contribution in [0.5, 0.6) is 0 Å². The molecule has 0 saturated carbocycles. The zero-order valence-electron chi connectivity index (χ0n) is 5.74. The number of hydrogen-bond donors (Lipinski definition) is 1. The maximum absolute atomic E-state index is 13.0. The second-order valence-corrected chi connectivity index (χ2v) is 3.76. The average Bonchev–Trinajstić information content (AvgIpc) is 2.08. The van der Waals surface area contributed by atoms with Crippen LogP contribution in [-0.4, -0.2) is 5.11 Å². The summed E-state index contributed by atoms with van der Waals surface area (Å²) in [6.07, 6.45) is 0. The fourth-order valence-electron chi connectivity index (χ4n) is 0.737. The molecule has 0 aliphatic heterocycles. The number of halogens is 4. The molecule has 0 radical (unpaired) electrons. The molecule has 0 saturated heterocycles. The Morgan fingerprint density at radius 1 is 1.25 bits per heavy atom. The van der Waals surface area contributed by atoms with Crippen LogP contribution in [0.2, 0.25) is 0 Å². The number of benzene rings is 1. The average molecular weight is 302 g/mol. The summed E-state index contributed by atoms with van der Waals surface area (Å²) in [5, 5.41) is 8.65. The summed E-state index contributed by atoms with van der Waals surface area (Å²) < 4.78 is 25.7. The van der Waals surface area contributed by atoms with Crippen LogP contribution in [-0.2, 0) is 6.61 Å². The van der Waals surface area contributed by atoms with Gasteiger partial charge in [0, 0.05) is 5.56 Å². The van der Waals surface area contributed by atoms with Crippen LogP contribution in [0.1, 0.15) is 5.56 Å². The SMILES string of the molecule is OCc1cc(Br)c(F)c(Br)c1F. The predicted molar refractivity (Wildman–Crippen MR) is 47.7 cm³/mol. The highest BCUT2D eigenvalue weighted by molar-refractivity contribution is 9.11. The molecular weight excluding hydrogens is 298 g/mol. The van der Waals surface area contributed by atoms with Crippen LogP contribution in [0.25, 0.3) is 0 Å². The Labute approximate surface area is 84.7 Å². The summed E-state index contributed by atoms with van der Waals surface area (Å²) in [5.41, 5.74) is 0.0511. The minimum absolute atomic E-state index is 0.0511. The Morgan fingerprint density at radius 2 is 1.83 bits per heavy atom. The van der Waals surface area contributed by atoms with Gasteiger partial charge in [-0.1, -0.05) is 0 Å². The van der Waals surface area contributed by atoms with E-state index in [1.165, 1.54) is 6.07 Å². The summed E-state index contributed by atoms with van der Waals surface area (Å²) in [5.74, 6) is -1.47. The van der Waals surface area contributed by atoms with Crippen LogP contribution in [0.4, 0.5) is 8.78 Å². The second kappa shape index (κ2) is 3.81. The molecule has 0 atom stereocenters. The van der Waals surface area contributed by atoms with Crippen LogP contribution < -0.4 is 0 Å². The smallest absolute Gasteiger partial charge is 0.154 e. The molecule has 1 rings (SSSR count). The first-order chi connectivity index (χ1) is 5.57. The van der Waals surface area contributed by atoms with Crippen LogP contribution in [0.3, 0.4) is 0 Å². The molecule has 66 valence electrons. The highest BCUT2D eigenvalue weighted by atomic mass is 79.9. The number of rotatable bonds is 1. The van der Waals surface area contributed by atoms with Crippen molar-refractivity contribution in [1.82, 2.24) is 0 Å². The van der Waals surface area contributed by atoms with E-state index in [-0.39, 0.29) is 14.5 Å². The lowest BCUT2D eigenvalue weighted by atomic mass is 10.2. The van der Waals surface area contributed by atoms with Gasteiger partial charge in [0.05, 0.1) is 15.6 Å². The second-order valence-electron chi connectivity index (χ2n) is 2.12. The first-order valence-corrected chi connectivity index (χ1v) is 4.59. The predicted octanol–water partition coefficient (Wildman–Crippen LogP) is 2.98. The minimum atomic E-state index is -0.766. The van der Waals surface area contributed by atoms with Crippen molar-refractivity contribution >= 4 is 31.9 Å². The standard InChI is InChI=1S/C7H4Br2F2O/c8-4-1-3(2-12)6(10)5(9)7(4)11/h1,12H,2H2. The molecule has 5 heteroatoms. The van der Waals surface area contributed by atoms with E-state index < -0.39 is 18.2 Å². The van der Waals surface area contributed by atoms with Gasteiger partial charge in [-0.3, -0.25) is 0 Å². The van der Waals surface area contributed by atoms with Crippen molar-refractivity contribution in [2.45, 2.75) is 6.61 Å². The first-order valence-electron chi connectivity index (χ1n) is 3.00. The number of hydrogen-bond acceptors (Lipinski definition) is 1. The highest BCUT2D eigenvalue weighted by Gasteiger charge is 2.14. The van der Waals surface area contributed by atoms with Crippen molar-refractivity contribution in [3.05, 3.63) is 32.2 Å². The number of aliphatic hydroxyl groups is 1. The molecule has 0 spiro atoms. The molecule has 0 bridgehead atoms. The minimum Gasteiger partial charge on any atom is -0.392 e. The van der Waals surface area contributed by atoms with E-state index in [9.17, 15) is 8.78 Å². The van der Waals surface area contributed by atoms with Gasteiger partial charge < -0.3 is 5.11 Å². The molecular formula is C7H4Br2F2O. The summed E-state index contributed by atoms with van der Waals surface area (Å²) in [7, 11) is 0. The van der Waals surface area contributed by atoms with Crippen molar-refractivity contribution in [3.8, 4) is 0 Å². The van der Waals surface area contributed by atoms with Gasteiger partial charge in [-0.05, 0) is 37.9 Å². The Hall–Kier alpha value is -0.000000000000000111. The Morgan fingerprint density at radius 3 is 2.33 bits per heavy atom. The Bertz CT molecular complexity index is 315. The fourth-order valence-corrected chi connectivity index (χ4v) is 1.95. The van der Waals surface area contributed by atoms with Crippen LogP contribution in [0.15, 0.2) is 15.0 Å². The maximum atomic E-state index is 13.0. The molecule has 0 unspecified atom stereocenters. The molecule has 1 N–H and O–H groups in total. The van der Waals surface area contributed by atoms with E-state index in [4.69, 9.17) is 5.11 Å². The van der Waals surface area contributed by atoms with Crippen molar-refractivity contribution < 1.29 is 13.9 Å². The monoisotopic (exact) mass is 300 g/mol. The maximum Gasteiger partial charge on any atom is 0.154 e. The topological polar surface area (TPSA) is 20.2 Å². The molecule has 0 aliphatic rings. The summed E-state index contributed by atoms with van der Waals surface area (Å²) >= 11 is 5.62. The highest BCUT2D eigenvalue weighted by Crippen LogP contribution is 2.28. The Balaban J connectivity index is 3.39. The Kier molecular flexibility index (Phi) is 3.20. The molecule has 1 nitrogen and oxygen atoms in total. The molecule has 12 heavy (non-hydrogen) atoms. The summed E-state index contributed by atoms with van der Waals surface area (Å²) in [6.45, 7) is -0.455. The number of aliphatic hydroxyl groups excluding tert-OH is 1. The van der Waals surface area contributed by atoms with Crippen molar-refractivity contribution in [3.63, 3.8) is 0 Å². The lowest BCUT2D eigenvalue weighted by molar-refractivity contribution is 0.275. The third-order valence-electron chi connectivity index (χ3n) is 1.35. The van der Waals surface area contributed by atoms with Crippen molar-refractivity contribution in [2.75, 3.05) is 0 Å². The molecule has 1 aromatic rings. The van der Waals surface area contributed by atoms with Gasteiger partial charge in [-0.2, -0.15) is 0 Å². The fraction of sp³-hybridized carbons (Fsp3) is 0.143. The van der Waals surface area contributed by atoms with E-state index in [1.54, 1.807) is 0 Å². The van der Waals surface area contributed by atoms with Gasteiger partial charge in [-0.15, -0.1) is 0 Å². The lowest BCUT2D eigenvalue weighted by Gasteiger charge is -2.04. The molecule has 0 heterocycles. The molecule has 0 aromatic heterocycles. The van der Waals surface area contributed by atoms with Gasteiger partial charge in [0.25, 0.3) is 0 Å². The zero-order valence-corrected chi connectivity index (χ0v) is 8.92. The zero-order chi connectivity index (χ0) is 9.30. The van der Waals surface area contributed by atoms with Gasteiger partial charge in [0.15, 0.2) is 5.82 Å². The van der Waals surface area contributed by atoms with Crippen LogP contribution in [0, 0.1) is 11.6 Å². The van der Waals surface area contributed by atoms with Crippen LogP contribution >= 0.6 is 31.9 Å². The molecule has 0 amide bonds. The van der Waals surface area contributed by atoms with E-state index >= 15 is 0 Å². The van der Waals surface area contributed by atoms with Crippen molar-refractivity contribution in [2.24, 2.45) is 0 Å². The normalized spacial score (nSPS) is 10.4. The van der Waals surface area contributed by atoms with Gasteiger partial charge in [0.1, 0.15) is 5.82 Å². The molecule has 0 aliphatic carbocycles. The third kappa shape index (κ3) is 1.67. The summed E-state index contributed by atoms with van der Waals surface area (Å²) in [6, 6.07) is 1.20.